The molecule has 6 nitrogen and oxygen atoms in total. The van der Waals surface area contributed by atoms with Crippen LogP contribution in [-0.2, 0) is 9.53 Å². The molecule has 2 rings (SSSR count). The van der Waals surface area contributed by atoms with Crippen LogP contribution in [0.3, 0.4) is 0 Å². The SMILES string of the molecule is CCOCCC(=O)NC(C)CN1CCN(c2ccccn2)CC1. The number of ether oxygens (including phenoxy) is 1. The predicted molar refractivity (Wildman–Crippen MR) is 91.6 cm³/mol. The summed E-state index contributed by atoms with van der Waals surface area (Å²) in [7, 11) is 0. The molecular weight excluding hydrogens is 292 g/mol. The maximum Gasteiger partial charge on any atom is 0.222 e. The molecule has 23 heavy (non-hydrogen) atoms. The van der Waals surface area contributed by atoms with E-state index in [1.54, 1.807) is 0 Å². The van der Waals surface area contributed by atoms with Crippen molar-refractivity contribution in [3.63, 3.8) is 0 Å². The molecule has 1 fully saturated rings. The van der Waals surface area contributed by atoms with Crippen molar-refractivity contribution in [1.29, 1.82) is 0 Å². The van der Waals surface area contributed by atoms with E-state index in [0.29, 0.717) is 19.6 Å². The van der Waals surface area contributed by atoms with Crippen LogP contribution in [0.15, 0.2) is 24.4 Å². The second-order valence-corrected chi connectivity index (χ2v) is 5.89. The van der Waals surface area contributed by atoms with E-state index in [1.165, 1.54) is 0 Å². The fourth-order valence-electron chi connectivity index (χ4n) is 2.79. The monoisotopic (exact) mass is 320 g/mol. The average Bonchev–Trinajstić information content (AvgIpc) is 2.56. The summed E-state index contributed by atoms with van der Waals surface area (Å²) < 4.78 is 5.21. The number of aromatic nitrogens is 1. The number of piperazine rings is 1. The van der Waals surface area contributed by atoms with Gasteiger partial charge < -0.3 is 15.0 Å². The van der Waals surface area contributed by atoms with Crippen LogP contribution in [-0.4, -0.2) is 67.8 Å². The van der Waals surface area contributed by atoms with Gasteiger partial charge in [-0.15, -0.1) is 0 Å². The van der Waals surface area contributed by atoms with Gasteiger partial charge in [0.25, 0.3) is 0 Å². The fourth-order valence-corrected chi connectivity index (χ4v) is 2.79. The van der Waals surface area contributed by atoms with Crippen LogP contribution in [0.1, 0.15) is 20.3 Å². The minimum absolute atomic E-state index is 0.0677. The molecule has 0 radical (unpaired) electrons. The van der Waals surface area contributed by atoms with Crippen LogP contribution >= 0.6 is 0 Å². The number of nitrogens with one attached hydrogen (secondary N) is 1. The van der Waals surface area contributed by atoms with E-state index in [4.69, 9.17) is 4.74 Å². The lowest BCUT2D eigenvalue weighted by atomic mass is 10.2. The number of anilines is 1. The Kier molecular flexibility index (Phi) is 7.29. The van der Waals surface area contributed by atoms with Crippen LogP contribution in [0.2, 0.25) is 0 Å². The Morgan fingerprint density at radius 2 is 2.13 bits per heavy atom. The standard InChI is InChI=1S/C17H28N4O2/c1-3-23-13-7-17(22)19-15(2)14-20-9-11-21(12-10-20)16-6-4-5-8-18-16/h4-6,8,15H,3,7,9-14H2,1-2H3,(H,19,22). The van der Waals surface area contributed by atoms with Gasteiger partial charge >= 0.3 is 0 Å². The molecule has 1 saturated heterocycles. The fraction of sp³-hybridized carbons (Fsp3) is 0.647. The van der Waals surface area contributed by atoms with Crippen LogP contribution in [0.25, 0.3) is 0 Å². The lowest BCUT2D eigenvalue weighted by Gasteiger charge is -2.36. The largest absolute Gasteiger partial charge is 0.381 e. The van der Waals surface area contributed by atoms with Gasteiger partial charge in [0.2, 0.25) is 5.91 Å². The van der Waals surface area contributed by atoms with Crippen molar-refractivity contribution in [2.24, 2.45) is 0 Å². The van der Waals surface area contributed by atoms with Gasteiger partial charge in [-0.3, -0.25) is 9.69 Å². The van der Waals surface area contributed by atoms with Crippen molar-refractivity contribution < 1.29 is 9.53 Å². The minimum Gasteiger partial charge on any atom is -0.381 e. The molecule has 1 aromatic rings. The van der Waals surface area contributed by atoms with Crippen molar-refractivity contribution in [3.05, 3.63) is 24.4 Å². The van der Waals surface area contributed by atoms with Crippen LogP contribution < -0.4 is 10.2 Å². The van der Waals surface area contributed by atoms with Gasteiger partial charge in [0.15, 0.2) is 0 Å². The first-order chi connectivity index (χ1) is 11.2. The van der Waals surface area contributed by atoms with E-state index in [-0.39, 0.29) is 11.9 Å². The zero-order chi connectivity index (χ0) is 16.5. The third-order valence-electron chi connectivity index (χ3n) is 3.96. The lowest BCUT2D eigenvalue weighted by Crippen LogP contribution is -2.51. The Hall–Kier alpha value is -1.66. The number of hydrogen-bond acceptors (Lipinski definition) is 5. The molecule has 0 aliphatic carbocycles. The van der Waals surface area contributed by atoms with E-state index in [0.717, 1.165) is 38.5 Å². The molecule has 1 amide bonds. The molecule has 0 bridgehead atoms. The van der Waals surface area contributed by atoms with Crippen molar-refractivity contribution in [3.8, 4) is 0 Å². The van der Waals surface area contributed by atoms with Gasteiger partial charge in [-0.1, -0.05) is 6.07 Å². The predicted octanol–water partition coefficient (Wildman–Crippen LogP) is 1.13. The molecule has 1 aromatic heterocycles. The number of rotatable bonds is 8. The molecule has 1 N–H and O–H groups in total. The van der Waals surface area contributed by atoms with E-state index in [9.17, 15) is 4.79 Å². The Labute approximate surface area is 138 Å². The molecular formula is C17H28N4O2. The lowest BCUT2D eigenvalue weighted by molar-refractivity contribution is -0.122. The summed E-state index contributed by atoms with van der Waals surface area (Å²) in [6, 6.07) is 6.17. The molecule has 0 spiro atoms. The molecule has 1 unspecified atom stereocenters. The third-order valence-corrected chi connectivity index (χ3v) is 3.96. The Morgan fingerprint density at radius 1 is 1.35 bits per heavy atom. The Bertz CT molecular complexity index is 461. The first-order valence-corrected chi connectivity index (χ1v) is 8.44. The maximum atomic E-state index is 11.8. The second-order valence-electron chi connectivity index (χ2n) is 5.89. The first kappa shape index (κ1) is 17.7. The van der Waals surface area contributed by atoms with Crippen molar-refractivity contribution >= 4 is 11.7 Å². The van der Waals surface area contributed by atoms with Gasteiger partial charge in [0.05, 0.1) is 6.61 Å². The molecule has 0 aromatic carbocycles. The summed E-state index contributed by atoms with van der Waals surface area (Å²) >= 11 is 0. The molecule has 2 heterocycles. The van der Waals surface area contributed by atoms with Crippen LogP contribution in [0, 0.1) is 0 Å². The summed E-state index contributed by atoms with van der Waals surface area (Å²) in [5, 5.41) is 3.04. The van der Waals surface area contributed by atoms with Crippen molar-refractivity contribution in [1.82, 2.24) is 15.2 Å². The Balaban J connectivity index is 1.66. The zero-order valence-electron chi connectivity index (χ0n) is 14.2. The molecule has 1 atom stereocenters. The Morgan fingerprint density at radius 3 is 2.78 bits per heavy atom. The highest BCUT2D eigenvalue weighted by Gasteiger charge is 2.19. The van der Waals surface area contributed by atoms with Gasteiger partial charge in [0, 0.05) is 58.0 Å². The summed E-state index contributed by atoms with van der Waals surface area (Å²) in [5.41, 5.74) is 0. The minimum atomic E-state index is 0.0677. The van der Waals surface area contributed by atoms with Crippen LogP contribution in [0.5, 0.6) is 0 Å². The number of amides is 1. The molecule has 128 valence electrons. The second kappa shape index (κ2) is 9.47. The van der Waals surface area contributed by atoms with Crippen molar-refractivity contribution in [2.75, 3.05) is 50.8 Å². The quantitative estimate of drug-likeness (QED) is 0.728. The topological polar surface area (TPSA) is 57.7 Å². The normalized spacial score (nSPS) is 17.0. The summed E-state index contributed by atoms with van der Waals surface area (Å²) in [6.45, 7) is 9.97. The maximum absolute atomic E-state index is 11.8. The molecule has 1 aliphatic heterocycles. The number of hydrogen-bond donors (Lipinski definition) is 1. The number of carbonyl (C=O) groups is 1. The summed E-state index contributed by atoms with van der Waals surface area (Å²) in [4.78, 5) is 20.9. The van der Waals surface area contributed by atoms with Gasteiger partial charge in [-0.05, 0) is 26.0 Å². The summed E-state index contributed by atoms with van der Waals surface area (Å²) in [6.07, 6.45) is 2.27. The van der Waals surface area contributed by atoms with E-state index < -0.39 is 0 Å². The number of carbonyl (C=O) groups excluding carboxylic acids is 1. The van der Waals surface area contributed by atoms with Gasteiger partial charge in [-0.25, -0.2) is 4.98 Å². The van der Waals surface area contributed by atoms with E-state index >= 15 is 0 Å². The highest BCUT2D eigenvalue weighted by Crippen LogP contribution is 2.12. The van der Waals surface area contributed by atoms with Crippen LogP contribution in [0.4, 0.5) is 5.82 Å². The molecule has 0 saturated carbocycles. The third kappa shape index (κ3) is 6.15. The number of pyridine rings is 1. The first-order valence-electron chi connectivity index (χ1n) is 8.44. The van der Waals surface area contributed by atoms with Gasteiger partial charge in [0.1, 0.15) is 5.82 Å². The van der Waals surface area contributed by atoms with Crippen molar-refractivity contribution in [2.45, 2.75) is 26.3 Å². The molecule has 6 heteroatoms. The van der Waals surface area contributed by atoms with Gasteiger partial charge in [-0.2, -0.15) is 0 Å². The summed E-state index contributed by atoms with van der Waals surface area (Å²) in [5.74, 6) is 1.11. The number of nitrogens with zero attached hydrogens (tertiary/aromatic N) is 3. The highest BCUT2D eigenvalue weighted by atomic mass is 16.5. The van der Waals surface area contributed by atoms with E-state index in [2.05, 4.69) is 33.1 Å². The van der Waals surface area contributed by atoms with E-state index in [1.807, 2.05) is 25.3 Å². The molecule has 1 aliphatic rings. The smallest absolute Gasteiger partial charge is 0.222 e. The highest BCUT2D eigenvalue weighted by molar-refractivity contribution is 5.76. The zero-order valence-corrected chi connectivity index (χ0v) is 14.2. The average molecular weight is 320 g/mol.